The molecule has 0 saturated heterocycles. The first-order valence-electron chi connectivity index (χ1n) is 10.0. The molecule has 0 bridgehead atoms. The van der Waals surface area contributed by atoms with E-state index in [1.165, 1.54) is 6.08 Å². The maximum atomic E-state index is 12.6. The van der Waals surface area contributed by atoms with Gasteiger partial charge in [-0.25, -0.2) is 4.79 Å². The first-order valence-corrected chi connectivity index (χ1v) is 10.0. The van der Waals surface area contributed by atoms with Gasteiger partial charge in [0, 0.05) is 0 Å². The Kier molecular flexibility index (Phi) is 9.12. The summed E-state index contributed by atoms with van der Waals surface area (Å²) in [5, 5.41) is 12.3. The van der Waals surface area contributed by atoms with Crippen molar-refractivity contribution in [1.29, 1.82) is 5.26 Å². The minimum absolute atomic E-state index is 0.0366. The Hall–Kier alpha value is -3.79. The highest BCUT2D eigenvalue weighted by Crippen LogP contribution is 2.29. The van der Waals surface area contributed by atoms with E-state index in [0.717, 1.165) is 5.56 Å². The molecule has 162 valence electrons. The molecule has 31 heavy (non-hydrogen) atoms. The standard InChI is InChI=1S/C24H26N2O5/c1-4-29-22-14-18(11-12-21(22)31-16-23(27)30-5-2)13-20(15-25)24(28)26-17(3)19-9-7-6-8-10-19/h6-14,17H,4-5,16H2,1-3H3,(H,26,28)/b20-13+/t17-/m0/s1. The zero-order chi connectivity index (χ0) is 22.6. The smallest absolute Gasteiger partial charge is 0.344 e. The molecule has 1 atom stereocenters. The van der Waals surface area contributed by atoms with Crippen molar-refractivity contribution in [2.75, 3.05) is 19.8 Å². The molecule has 0 aromatic heterocycles. The fraction of sp³-hybridized carbons (Fsp3) is 0.292. The zero-order valence-electron chi connectivity index (χ0n) is 17.9. The molecule has 0 aliphatic rings. The number of nitriles is 1. The van der Waals surface area contributed by atoms with Crippen LogP contribution in [-0.4, -0.2) is 31.7 Å². The van der Waals surface area contributed by atoms with E-state index < -0.39 is 11.9 Å². The molecule has 2 rings (SSSR count). The summed E-state index contributed by atoms with van der Waals surface area (Å²) in [7, 11) is 0. The van der Waals surface area contributed by atoms with Gasteiger partial charge in [0.05, 0.1) is 19.3 Å². The highest BCUT2D eigenvalue weighted by atomic mass is 16.6. The van der Waals surface area contributed by atoms with E-state index >= 15 is 0 Å². The van der Waals surface area contributed by atoms with Crippen LogP contribution < -0.4 is 14.8 Å². The van der Waals surface area contributed by atoms with Crippen molar-refractivity contribution in [3.05, 3.63) is 65.2 Å². The van der Waals surface area contributed by atoms with E-state index in [0.29, 0.717) is 23.7 Å². The lowest BCUT2D eigenvalue weighted by Gasteiger charge is -2.14. The van der Waals surface area contributed by atoms with Gasteiger partial charge in [-0.1, -0.05) is 36.4 Å². The van der Waals surface area contributed by atoms with Crippen molar-refractivity contribution in [1.82, 2.24) is 5.32 Å². The lowest BCUT2D eigenvalue weighted by atomic mass is 10.1. The third-order valence-corrected chi connectivity index (χ3v) is 4.24. The predicted molar refractivity (Wildman–Crippen MR) is 116 cm³/mol. The van der Waals surface area contributed by atoms with Crippen molar-refractivity contribution < 1.29 is 23.8 Å². The Morgan fingerprint density at radius 3 is 2.45 bits per heavy atom. The number of rotatable bonds is 10. The molecule has 1 amide bonds. The summed E-state index contributed by atoms with van der Waals surface area (Å²) in [4.78, 5) is 24.1. The second-order valence-corrected chi connectivity index (χ2v) is 6.51. The molecule has 0 spiro atoms. The number of nitrogens with one attached hydrogen (secondary N) is 1. The summed E-state index contributed by atoms with van der Waals surface area (Å²) in [6.45, 7) is 5.79. The topological polar surface area (TPSA) is 97.7 Å². The summed E-state index contributed by atoms with van der Waals surface area (Å²) in [5.74, 6) is -0.187. The van der Waals surface area contributed by atoms with E-state index in [1.54, 1.807) is 25.1 Å². The van der Waals surface area contributed by atoms with Crippen molar-refractivity contribution in [2.24, 2.45) is 0 Å². The normalized spacial score (nSPS) is 11.7. The van der Waals surface area contributed by atoms with Gasteiger partial charge in [0.15, 0.2) is 18.1 Å². The van der Waals surface area contributed by atoms with Gasteiger partial charge in [-0.2, -0.15) is 5.26 Å². The Labute approximate surface area is 182 Å². The molecule has 7 nitrogen and oxygen atoms in total. The average molecular weight is 422 g/mol. The van der Waals surface area contributed by atoms with E-state index in [9.17, 15) is 14.9 Å². The number of hydrogen-bond donors (Lipinski definition) is 1. The third kappa shape index (κ3) is 7.19. The molecule has 7 heteroatoms. The molecule has 0 unspecified atom stereocenters. The second kappa shape index (κ2) is 12.0. The molecule has 0 aliphatic carbocycles. The summed E-state index contributed by atoms with van der Waals surface area (Å²) in [6, 6.07) is 16.1. The number of nitrogens with zero attached hydrogens (tertiary/aromatic N) is 1. The third-order valence-electron chi connectivity index (χ3n) is 4.24. The maximum Gasteiger partial charge on any atom is 0.344 e. The van der Waals surface area contributed by atoms with E-state index in [-0.39, 0.29) is 24.8 Å². The number of carbonyl (C=O) groups is 2. The lowest BCUT2D eigenvalue weighted by Crippen LogP contribution is -2.27. The molecule has 2 aromatic carbocycles. The monoisotopic (exact) mass is 422 g/mol. The minimum Gasteiger partial charge on any atom is -0.490 e. The lowest BCUT2D eigenvalue weighted by molar-refractivity contribution is -0.145. The Bertz CT molecular complexity index is 964. The molecular weight excluding hydrogens is 396 g/mol. The highest BCUT2D eigenvalue weighted by molar-refractivity contribution is 6.01. The number of esters is 1. The molecular formula is C24H26N2O5. The van der Waals surface area contributed by atoms with Gasteiger partial charge >= 0.3 is 5.97 Å². The van der Waals surface area contributed by atoms with Crippen molar-refractivity contribution in [2.45, 2.75) is 26.8 Å². The van der Waals surface area contributed by atoms with Crippen LogP contribution in [-0.2, 0) is 14.3 Å². The van der Waals surface area contributed by atoms with Crippen LogP contribution in [0.2, 0.25) is 0 Å². The van der Waals surface area contributed by atoms with Crippen molar-refractivity contribution in [3.63, 3.8) is 0 Å². The van der Waals surface area contributed by atoms with Crippen LogP contribution in [0.15, 0.2) is 54.1 Å². The van der Waals surface area contributed by atoms with E-state index in [2.05, 4.69) is 5.32 Å². The van der Waals surface area contributed by atoms with Crippen LogP contribution >= 0.6 is 0 Å². The maximum absolute atomic E-state index is 12.6. The van der Waals surface area contributed by atoms with Gasteiger partial charge in [-0.3, -0.25) is 4.79 Å². The Morgan fingerprint density at radius 2 is 1.81 bits per heavy atom. The van der Waals surface area contributed by atoms with Gasteiger partial charge in [-0.15, -0.1) is 0 Å². The quantitative estimate of drug-likeness (QED) is 0.355. The second-order valence-electron chi connectivity index (χ2n) is 6.51. The van der Waals surface area contributed by atoms with Gasteiger partial charge < -0.3 is 19.5 Å². The van der Waals surface area contributed by atoms with Crippen LogP contribution in [0, 0.1) is 11.3 Å². The number of benzene rings is 2. The molecule has 0 aliphatic heterocycles. The largest absolute Gasteiger partial charge is 0.490 e. The van der Waals surface area contributed by atoms with Gasteiger partial charge in [0.25, 0.3) is 5.91 Å². The Morgan fingerprint density at radius 1 is 1.06 bits per heavy atom. The molecule has 1 N–H and O–H groups in total. The van der Waals surface area contributed by atoms with Gasteiger partial charge in [0.2, 0.25) is 0 Å². The van der Waals surface area contributed by atoms with Gasteiger partial charge in [0.1, 0.15) is 11.6 Å². The average Bonchev–Trinajstić information content (AvgIpc) is 2.77. The first kappa shape index (κ1) is 23.5. The number of ether oxygens (including phenoxy) is 3. The summed E-state index contributed by atoms with van der Waals surface area (Å²) >= 11 is 0. The summed E-state index contributed by atoms with van der Waals surface area (Å²) in [6.07, 6.45) is 1.48. The fourth-order valence-electron chi connectivity index (χ4n) is 2.76. The molecule has 0 heterocycles. The van der Waals surface area contributed by atoms with Crippen LogP contribution in [0.5, 0.6) is 11.5 Å². The van der Waals surface area contributed by atoms with Crippen LogP contribution in [0.3, 0.4) is 0 Å². The molecule has 2 aromatic rings. The summed E-state index contributed by atoms with van der Waals surface area (Å²) in [5.41, 5.74) is 1.49. The molecule has 0 fully saturated rings. The first-order chi connectivity index (χ1) is 15.0. The SMILES string of the molecule is CCOC(=O)COc1ccc(/C=C(\C#N)C(=O)N[C@@H](C)c2ccccc2)cc1OCC. The van der Waals surface area contributed by atoms with Crippen LogP contribution in [0.25, 0.3) is 6.08 Å². The van der Waals surface area contributed by atoms with Crippen LogP contribution in [0.4, 0.5) is 0 Å². The molecule has 0 saturated carbocycles. The highest BCUT2D eigenvalue weighted by Gasteiger charge is 2.15. The minimum atomic E-state index is -0.482. The summed E-state index contributed by atoms with van der Waals surface area (Å²) < 4.78 is 15.9. The van der Waals surface area contributed by atoms with E-state index in [1.807, 2.05) is 50.2 Å². The van der Waals surface area contributed by atoms with Gasteiger partial charge in [-0.05, 0) is 50.1 Å². The zero-order valence-corrected chi connectivity index (χ0v) is 17.9. The number of carbonyl (C=O) groups excluding carboxylic acids is 2. The number of hydrogen-bond acceptors (Lipinski definition) is 6. The van der Waals surface area contributed by atoms with Crippen molar-refractivity contribution >= 4 is 18.0 Å². The molecule has 0 radical (unpaired) electrons. The van der Waals surface area contributed by atoms with E-state index in [4.69, 9.17) is 14.2 Å². The van der Waals surface area contributed by atoms with Crippen molar-refractivity contribution in [3.8, 4) is 17.6 Å². The Balaban J connectivity index is 2.17. The van der Waals surface area contributed by atoms with Crippen LogP contribution in [0.1, 0.15) is 37.9 Å². The fourth-order valence-corrected chi connectivity index (χ4v) is 2.76. The predicted octanol–water partition coefficient (Wildman–Crippen LogP) is 3.81. The number of amides is 1.